The molecule has 0 saturated heterocycles. The summed E-state index contributed by atoms with van der Waals surface area (Å²) >= 11 is 0. The van der Waals surface area contributed by atoms with Gasteiger partial charge in [0.2, 0.25) is 0 Å². The molecule has 122 valence electrons. The van der Waals surface area contributed by atoms with Gasteiger partial charge in [0, 0.05) is 11.6 Å². The Hall–Kier alpha value is -3.08. The minimum atomic E-state index is -0.394. The molecule has 2 aromatic carbocycles. The second kappa shape index (κ2) is 6.58. The van der Waals surface area contributed by atoms with Gasteiger partial charge in [-0.15, -0.1) is 0 Å². The maximum Gasteiger partial charge on any atom is 0.337 e. The van der Waals surface area contributed by atoms with Crippen LogP contribution >= 0.6 is 0 Å². The van der Waals surface area contributed by atoms with E-state index in [1.807, 2.05) is 18.2 Å². The minimum absolute atomic E-state index is 0.0846. The SMILES string of the molecule is COC(=O)c1cccc(Cn2ccc3cc(OC)ccc3c2=O)c1. The van der Waals surface area contributed by atoms with Crippen molar-refractivity contribution in [2.75, 3.05) is 14.2 Å². The number of rotatable bonds is 4. The molecule has 0 aliphatic carbocycles. The first-order chi connectivity index (χ1) is 11.6. The van der Waals surface area contributed by atoms with Gasteiger partial charge in [0.25, 0.3) is 5.56 Å². The second-order valence-electron chi connectivity index (χ2n) is 5.39. The number of hydrogen-bond acceptors (Lipinski definition) is 4. The first kappa shape index (κ1) is 15.8. The van der Waals surface area contributed by atoms with Crippen LogP contribution in [0, 0.1) is 0 Å². The number of carbonyl (C=O) groups excluding carboxylic acids is 1. The highest BCUT2D eigenvalue weighted by atomic mass is 16.5. The highest BCUT2D eigenvalue weighted by Gasteiger charge is 2.08. The molecule has 0 unspecified atom stereocenters. The van der Waals surface area contributed by atoms with Crippen LogP contribution in [-0.4, -0.2) is 24.8 Å². The van der Waals surface area contributed by atoms with Crippen molar-refractivity contribution in [3.63, 3.8) is 0 Å². The van der Waals surface area contributed by atoms with Crippen LogP contribution in [0.1, 0.15) is 15.9 Å². The summed E-state index contributed by atoms with van der Waals surface area (Å²) < 4.78 is 11.5. The largest absolute Gasteiger partial charge is 0.497 e. The van der Waals surface area contributed by atoms with Crippen molar-refractivity contribution >= 4 is 16.7 Å². The molecule has 0 fully saturated rings. The number of ether oxygens (including phenoxy) is 2. The lowest BCUT2D eigenvalue weighted by Gasteiger charge is -2.09. The third kappa shape index (κ3) is 3.01. The molecule has 0 atom stereocenters. The van der Waals surface area contributed by atoms with E-state index in [-0.39, 0.29) is 5.56 Å². The van der Waals surface area contributed by atoms with E-state index < -0.39 is 5.97 Å². The number of esters is 1. The van der Waals surface area contributed by atoms with Crippen LogP contribution in [0.4, 0.5) is 0 Å². The van der Waals surface area contributed by atoms with Crippen LogP contribution in [0.25, 0.3) is 10.8 Å². The summed E-state index contributed by atoms with van der Waals surface area (Å²) in [6, 6.07) is 14.3. The Kier molecular flexibility index (Phi) is 4.33. The molecule has 1 heterocycles. The summed E-state index contributed by atoms with van der Waals surface area (Å²) in [7, 11) is 2.94. The zero-order valence-corrected chi connectivity index (χ0v) is 13.5. The quantitative estimate of drug-likeness (QED) is 0.693. The van der Waals surface area contributed by atoms with E-state index >= 15 is 0 Å². The Balaban J connectivity index is 1.97. The monoisotopic (exact) mass is 323 g/mol. The van der Waals surface area contributed by atoms with Gasteiger partial charge in [0.15, 0.2) is 0 Å². The van der Waals surface area contributed by atoms with Crippen molar-refractivity contribution in [2.45, 2.75) is 6.54 Å². The Morgan fingerprint density at radius 1 is 1.08 bits per heavy atom. The summed E-state index contributed by atoms with van der Waals surface area (Å²) in [6.45, 7) is 0.381. The molecule has 0 spiro atoms. The van der Waals surface area contributed by atoms with Gasteiger partial charge < -0.3 is 14.0 Å². The Morgan fingerprint density at radius 3 is 2.67 bits per heavy atom. The lowest BCUT2D eigenvalue weighted by Crippen LogP contribution is -2.20. The predicted octanol–water partition coefficient (Wildman–Crippen LogP) is 2.85. The van der Waals surface area contributed by atoms with Gasteiger partial charge in [0.1, 0.15) is 5.75 Å². The van der Waals surface area contributed by atoms with Crippen molar-refractivity contribution in [1.82, 2.24) is 4.57 Å². The fraction of sp³-hybridized carbons (Fsp3) is 0.158. The summed E-state index contributed by atoms with van der Waals surface area (Å²) in [4.78, 5) is 24.3. The van der Waals surface area contributed by atoms with Crippen LogP contribution < -0.4 is 10.3 Å². The average molecular weight is 323 g/mol. The fourth-order valence-corrected chi connectivity index (χ4v) is 2.63. The van der Waals surface area contributed by atoms with Crippen molar-refractivity contribution in [2.24, 2.45) is 0 Å². The summed E-state index contributed by atoms with van der Waals surface area (Å²) in [5.41, 5.74) is 1.24. The third-order valence-corrected chi connectivity index (χ3v) is 3.89. The van der Waals surface area contributed by atoms with Gasteiger partial charge in [0.05, 0.1) is 26.3 Å². The maximum atomic E-state index is 12.6. The molecule has 5 nitrogen and oxygen atoms in total. The van der Waals surface area contributed by atoms with Crippen molar-refractivity contribution in [3.8, 4) is 5.75 Å². The van der Waals surface area contributed by atoms with E-state index in [9.17, 15) is 9.59 Å². The molecule has 0 N–H and O–H groups in total. The number of carbonyl (C=O) groups is 1. The number of fused-ring (bicyclic) bond motifs is 1. The predicted molar refractivity (Wildman–Crippen MR) is 91.6 cm³/mol. The number of methoxy groups -OCH3 is 2. The summed E-state index contributed by atoms with van der Waals surface area (Å²) in [6.07, 6.45) is 1.74. The van der Waals surface area contributed by atoms with Gasteiger partial charge in [-0.2, -0.15) is 0 Å². The third-order valence-electron chi connectivity index (χ3n) is 3.89. The molecule has 0 aliphatic heterocycles. The van der Waals surface area contributed by atoms with E-state index in [0.717, 1.165) is 10.9 Å². The van der Waals surface area contributed by atoms with Gasteiger partial charge in [-0.05, 0) is 47.3 Å². The van der Waals surface area contributed by atoms with Gasteiger partial charge in [-0.1, -0.05) is 12.1 Å². The molecule has 3 aromatic rings. The standard InChI is InChI=1S/C19H17NO4/c1-23-16-6-7-17-14(11-16)8-9-20(18(17)21)12-13-4-3-5-15(10-13)19(22)24-2/h3-11H,12H2,1-2H3. The molecule has 0 saturated carbocycles. The first-order valence-corrected chi connectivity index (χ1v) is 7.47. The first-order valence-electron chi connectivity index (χ1n) is 7.47. The zero-order chi connectivity index (χ0) is 17.1. The number of pyridine rings is 1. The Labute approximate surface area is 139 Å². The van der Waals surface area contributed by atoms with Crippen LogP contribution in [-0.2, 0) is 11.3 Å². The molecule has 24 heavy (non-hydrogen) atoms. The fourth-order valence-electron chi connectivity index (χ4n) is 2.63. The van der Waals surface area contributed by atoms with Crippen molar-refractivity contribution < 1.29 is 14.3 Å². The van der Waals surface area contributed by atoms with Gasteiger partial charge >= 0.3 is 5.97 Å². The molecule has 0 amide bonds. The highest BCUT2D eigenvalue weighted by molar-refractivity contribution is 5.89. The van der Waals surface area contributed by atoms with Gasteiger partial charge in [-0.3, -0.25) is 4.79 Å². The molecule has 0 radical (unpaired) electrons. The number of benzene rings is 2. The molecular formula is C19H17NO4. The summed E-state index contributed by atoms with van der Waals surface area (Å²) in [5, 5.41) is 1.46. The molecule has 1 aromatic heterocycles. The lowest BCUT2D eigenvalue weighted by molar-refractivity contribution is 0.0600. The van der Waals surface area contributed by atoms with E-state index in [4.69, 9.17) is 9.47 Å². The second-order valence-corrected chi connectivity index (χ2v) is 5.39. The van der Waals surface area contributed by atoms with Crippen LogP contribution in [0.15, 0.2) is 59.5 Å². The highest BCUT2D eigenvalue weighted by Crippen LogP contribution is 2.18. The average Bonchev–Trinajstić information content (AvgIpc) is 2.63. The van der Waals surface area contributed by atoms with E-state index in [2.05, 4.69) is 0 Å². The van der Waals surface area contributed by atoms with E-state index in [1.165, 1.54) is 7.11 Å². The smallest absolute Gasteiger partial charge is 0.337 e. The number of aromatic nitrogens is 1. The Bertz CT molecular complexity index is 959. The van der Waals surface area contributed by atoms with E-state index in [1.54, 1.807) is 48.2 Å². The number of nitrogens with zero attached hydrogens (tertiary/aromatic N) is 1. The zero-order valence-electron chi connectivity index (χ0n) is 13.5. The lowest BCUT2D eigenvalue weighted by atomic mass is 10.1. The molecular weight excluding hydrogens is 306 g/mol. The maximum absolute atomic E-state index is 12.6. The van der Waals surface area contributed by atoms with Crippen molar-refractivity contribution in [3.05, 3.63) is 76.2 Å². The molecule has 5 heteroatoms. The van der Waals surface area contributed by atoms with Crippen LogP contribution in [0.3, 0.4) is 0 Å². The number of hydrogen-bond donors (Lipinski definition) is 0. The normalized spacial score (nSPS) is 10.6. The van der Waals surface area contributed by atoms with E-state index in [0.29, 0.717) is 23.2 Å². The van der Waals surface area contributed by atoms with Gasteiger partial charge in [-0.25, -0.2) is 4.79 Å². The molecule has 0 aliphatic rings. The van der Waals surface area contributed by atoms with Crippen LogP contribution in [0.2, 0.25) is 0 Å². The van der Waals surface area contributed by atoms with Crippen LogP contribution in [0.5, 0.6) is 5.75 Å². The molecule has 3 rings (SSSR count). The Morgan fingerprint density at radius 2 is 1.92 bits per heavy atom. The minimum Gasteiger partial charge on any atom is -0.497 e. The summed E-state index contributed by atoms with van der Waals surface area (Å²) in [5.74, 6) is 0.320. The topological polar surface area (TPSA) is 57.5 Å². The molecule has 0 bridgehead atoms. The van der Waals surface area contributed by atoms with Crippen molar-refractivity contribution in [1.29, 1.82) is 0 Å².